The molecule has 0 bridgehead atoms. The molecule has 1 heterocycles. The van der Waals surface area contributed by atoms with Crippen LogP contribution in [0.1, 0.15) is 0 Å². The highest BCUT2D eigenvalue weighted by Gasteiger charge is 2.05. The van der Waals surface area contributed by atoms with Gasteiger partial charge < -0.3 is 0 Å². The molecule has 1 aromatic rings. The normalized spacial score (nSPS) is 12.4. The first kappa shape index (κ1) is 7.10. The van der Waals surface area contributed by atoms with Crippen LogP contribution >= 0.6 is 11.6 Å². The van der Waals surface area contributed by atoms with E-state index in [1.54, 1.807) is 12.5 Å². The van der Waals surface area contributed by atoms with Crippen molar-refractivity contribution >= 4 is 11.6 Å². The van der Waals surface area contributed by atoms with E-state index in [4.69, 9.17) is 16.9 Å². The molecular formula is C6H7ClN3+. The van der Waals surface area contributed by atoms with Crippen molar-refractivity contribution in [3.8, 4) is 6.07 Å². The quantitative estimate of drug-likeness (QED) is 0.490. The SMILES string of the molecule is N#CC(Cl)C[n+]1cc[nH]c1. The van der Waals surface area contributed by atoms with E-state index in [2.05, 4.69) is 4.98 Å². The smallest absolute Gasteiger partial charge is 0.241 e. The molecule has 0 aliphatic rings. The summed E-state index contributed by atoms with van der Waals surface area (Å²) in [5, 5.41) is 7.88. The molecular weight excluding hydrogens is 150 g/mol. The fraction of sp³-hybridized carbons (Fsp3) is 0.333. The maximum Gasteiger partial charge on any atom is 0.241 e. The number of alkyl halides is 1. The lowest BCUT2D eigenvalue weighted by Crippen LogP contribution is -2.34. The largest absolute Gasteiger partial charge is 0.250 e. The van der Waals surface area contributed by atoms with Gasteiger partial charge in [-0.3, -0.25) is 4.98 Å². The minimum absolute atomic E-state index is 0.444. The summed E-state index contributed by atoms with van der Waals surface area (Å²) >= 11 is 5.56. The number of nitrogens with zero attached hydrogens (tertiary/aromatic N) is 2. The predicted molar refractivity (Wildman–Crippen MR) is 36.2 cm³/mol. The van der Waals surface area contributed by atoms with Crippen LogP contribution in [0, 0.1) is 11.3 Å². The van der Waals surface area contributed by atoms with E-state index in [-0.39, 0.29) is 0 Å². The van der Waals surface area contributed by atoms with Crippen LogP contribution in [-0.4, -0.2) is 10.4 Å². The van der Waals surface area contributed by atoms with Crippen molar-refractivity contribution in [3.63, 3.8) is 0 Å². The second-order valence-electron chi connectivity index (χ2n) is 1.90. The Morgan fingerprint density at radius 3 is 3.10 bits per heavy atom. The number of nitrogens with one attached hydrogen (secondary N) is 1. The van der Waals surface area contributed by atoms with Gasteiger partial charge in [-0.15, -0.1) is 11.6 Å². The third kappa shape index (κ3) is 1.74. The molecule has 1 aromatic heterocycles. The summed E-state index contributed by atoms with van der Waals surface area (Å²) in [6.45, 7) is 0.529. The van der Waals surface area contributed by atoms with Gasteiger partial charge in [-0.1, -0.05) is 0 Å². The number of imidazole rings is 1. The topological polar surface area (TPSA) is 43.5 Å². The van der Waals surface area contributed by atoms with Gasteiger partial charge in [-0.2, -0.15) is 5.26 Å². The second-order valence-corrected chi connectivity index (χ2v) is 2.43. The zero-order valence-corrected chi connectivity index (χ0v) is 6.04. The van der Waals surface area contributed by atoms with Crippen molar-refractivity contribution in [1.29, 1.82) is 5.26 Å². The Kier molecular flexibility index (Phi) is 2.30. The van der Waals surface area contributed by atoms with E-state index >= 15 is 0 Å². The third-order valence-corrected chi connectivity index (χ3v) is 1.35. The highest BCUT2D eigenvalue weighted by Crippen LogP contribution is 1.91. The van der Waals surface area contributed by atoms with Gasteiger partial charge in [0.2, 0.25) is 6.33 Å². The van der Waals surface area contributed by atoms with E-state index in [1.807, 2.05) is 16.8 Å². The molecule has 0 radical (unpaired) electrons. The zero-order chi connectivity index (χ0) is 7.40. The summed E-state index contributed by atoms with van der Waals surface area (Å²) in [5.74, 6) is 0. The number of H-pyrrole nitrogens is 1. The number of aromatic amines is 1. The van der Waals surface area contributed by atoms with Crippen LogP contribution in [0.2, 0.25) is 0 Å². The van der Waals surface area contributed by atoms with Crippen LogP contribution in [0.3, 0.4) is 0 Å². The number of hydrogen-bond acceptors (Lipinski definition) is 1. The van der Waals surface area contributed by atoms with Gasteiger partial charge in [0, 0.05) is 0 Å². The fourth-order valence-electron chi connectivity index (χ4n) is 0.660. The lowest BCUT2D eigenvalue weighted by atomic mass is 10.4. The zero-order valence-electron chi connectivity index (χ0n) is 5.29. The molecule has 1 rings (SSSR count). The maximum absolute atomic E-state index is 8.33. The Morgan fingerprint density at radius 1 is 1.80 bits per heavy atom. The van der Waals surface area contributed by atoms with Crippen LogP contribution < -0.4 is 4.57 Å². The molecule has 0 saturated carbocycles. The Bertz CT molecular complexity index is 224. The number of aromatic nitrogens is 2. The minimum atomic E-state index is -0.444. The molecule has 0 spiro atoms. The summed E-state index contributed by atoms with van der Waals surface area (Å²) < 4.78 is 1.82. The molecule has 0 fully saturated rings. The first-order chi connectivity index (χ1) is 4.83. The number of nitriles is 1. The van der Waals surface area contributed by atoms with E-state index in [0.717, 1.165) is 0 Å². The average molecular weight is 157 g/mol. The number of halogens is 1. The lowest BCUT2D eigenvalue weighted by molar-refractivity contribution is -0.693. The third-order valence-electron chi connectivity index (χ3n) is 1.11. The molecule has 52 valence electrons. The van der Waals surface area contributed by atoms with Crippen LogP contribution in [0.15, 0.2) is 18.7 Å². The summed E-state index contributed by atoms with van der Waals surface area (Å²) in [7, 11) is 0. The van der Waals surface area contributed by atoms with Crippen molar-refractivity contribution < 1.29 is 4.57 Å². The number of rotatable bonds is 2. The van der Waals surface area contributed by atoms with E-state index in [9.17, 15) is 0 Å². The van der Waals surface area contributed by atoms with Gasteiger partial charge in [0.1, 0.15) is 18.9 Å². The molecule has 10 heavy (non-hydrogen) atoms. The van der Waals surface area contributed by atoms with Crippen LogP contribution in [0.4, 0.5) is 0 Å². The summed E-state index contributed by atoms with van der Waals surface area (Å²) in [6, 6.07) is 1.93. The first-order valence-corrected chi connectivity index (χ1v) is 3.32. The van der Waals surface area contributed by atoms with Crippen molar-refractivity contribution in [3.05, 3.63) is 18.7 Å². The van der Waals surface area contributed by atoms with Gasteiger partial charge >= 0.3 is 0 Å². The summed E-state index contributed by atoms with van der Waals surface area (Å²) in [4.78, 5) is 2.85. The van der Waals surface area contributed by atoms with E-state index in [0.29, 0.717) is 6.54 Å². The fourth-order valence-corrected chi connectivity index (χ4v) is 0.819. The Balaban J connectivity index is 2.50. The first-order valence-electron chi connectivity index (χ1n) is 2.88. The summed E-state index contributed by atoms with van der Waals surface area (Å²) in [6.07, 6.45) is 5.36. The molecule has 1 unspecified atom stereocenters. The van der Waals surface area contributed by atoms with Crippen molar-refractivity contribution in [2.75, 3.05) is 0 Å². The van der Waals surface area contributed by atoms with Crippen LogP contribution in [0.25, 0.3) is 0 Å². The van der Waals surface area contributed by atoms with Gasteiger partial charge in [0.15, 0.2) is 5.38 Å². The number of hydrogen-bond donors (Lipinski definition) is 1. The molecule has 0 saturated heterocycles. The van der Waals surface area contributed by atoms with Crippen LogP contribution in [0.5, 0.6) is 0 Å². The Hall–Kier alpha value is -1.01. The van der Waals surface area contributed by atoms with Crippen LogP contribution in [-0.2, 0) is 6.54 Å². The van der Waals surface area contributed by atoms with E-state index < -0.39 is 5.38 Å². The molecule has 0 aromatic carbocycles. The van der Waals surface area contributed by atoms with Gasteiger partial charge in [-0.05, 0) is 0 Å². The van der Waals surface area contributed by atoms with Crippen molar-refractivity contribution in [1.82, 2.24) is 4.98 Å². The van der Waals surface area contributed by atoms with E-state index in [1.165, 1.54) is 0 Å². The Morgan fingerprint density at radius 2 is 2.60 bits per heavy atom. The monoisotopic (exact) mass is 156 g/mol. The molecule has 0 aliphatic carbocycles. The molecule has 1 N–H and O–H groups in total. The lowest BCUT2D eigenvalue weighted by Gasteiger charge is -1.92. The predicted octanol–water partition coefficient (Wildman–Crippen LogP) is 0.433. The molecule has 3 nitrogen and oxygen atoms in total. The highest BCUT2D eigenvalue weighted by molar-refractivity contribution is 6.22. The standard InChI is InChI=1S/C6H6ClN3/c7-6(3-8)4-10-2-1-9-5-10/h1-2,5-6H,4H2/p+1. The minimum Gasteiger partial charge on any atom is -0.250 e. The Labute approximate surface area is 63.9 Å². The highest BCUT2D eigenvalue weighted by atomic mass is 35.5. The van der Waals surface area contributed by atoms with Gasteiger partial charge in [0.25, 0.3) is 0 Å². The molecule has 4 heteroatoms. The molecule has 0 amide bonds. The summed E-state index contributed by atoms with van der Waals surface area (Å²) in [5.41, 5.74) is 0. The molecule has 0 aliphatic heterocycles. The van der Waals surface area contributed by atoms with Gasteiger partial charge in [-0.25, -0.2) is 4.57 Å². The molecule has 1 atom stereocenters. The van der Waals surface area contributed by atoms with Crippen molar-refractivity contribution in [2.45, 2.75) is 11.9 Å². The average Bonchev–Trinajstić information content (AvgIpc) is 2.40. The van der Waals surface area contributed by atoms with Gasteiger partial charge in [0.05, 0.1) is 6.07 Å². The maximum atomic E-state index is 8.33. The van der Waals surface area contributed by atoms with Crippen molar-refractivity contribution in [2.24, 2.45) is 0 Å². The second kappa shape index (κ2) is 3.23.